The number of hydrogen-bond acceptors (Lipinski definition) is 3. The Morgan fingerprint density at radius 3 is 2.25 bits per heavy atom. The van der Waals surface area contributed by atoms with Gasteiger partial charge in [0.05, 0.1) is 0 Å². The van der Waals surface area contributed by atoms with Gasteiger partial charge in [0.1, 0.15) is 0 Å². The Kier molecular flexibility index (Phi) is 6.67. The molecule has 4 nitrogen and oxygen atoms in total. The topological polar surface area (TPSA) is 35.6 Å². The molecule has 0 atom stereocenters. The van der Waals surface area contributed by atoms with Crippen molar-refractivity contribution in [1.82, 2.24) is 15.1 Å². The molecule has 2 saturated heterocycles. The number of likely N-dealkylation sites (tertiary alicyclic amines) is 2. The van der Waals surface area contributed by atoms with E-state index < -0.39 is 0 Å². The second-order valence-electron chi connectivity index (χ2n) is 7.19. The molecule has 0 unspecified atom stereocenters. The van der Waals surface area contributed by atoms with Crippen molar-refractivity contribution in [2.45, 2.75) is 32.1 Å². The normalized spacial score (nSPS) is 20.3. The van der Waals surface area contributed by atoms with Crippen molar-refractivity contribution < 1.29 is 4.79 Å². The average Bonchev–Trinajstić information content (AvgIpc) is 3.15. The van der Waals surface area contributed by atoms with Crippen LogP contribution in [-0.4, -0.2) is 61.5 Å². The van der Waals surface area contributed by atoms with Crippen LogP contribution in [0, 0.1) is 5.92 Å². The molecule has 2 aliphatic rings. The molecule has 1 aromatic carbocycles. The van der Waals surface area contributed by atoms with Crippen LogP contribution in [0.4, 0.5) is 0 Å². The van der Waals surface area contributed by atoms with Crippen LogP contribution in [0.25, 0.3) is 0 Å². The van der Waals surface area contributed by atoms with Gasteiger partial charge >= 0.3 is 0 Å². The number of nitrogens with zero attached hydrogens (tertiary/aromatic N) is 2. The van der Waals surface area contributed by atoms with E-state index in [0.29, 0.717) is 0 Å². The first-order chi connectivity index (χ1) is 11.8. The van der Waals surface area contributed by atoms with Gasteiger partial charge in [-0.3, -0.25) is 4.79 Å². The van der Waals surface area contributed by atoms with E-state index in [1.165, 1.54) is 44.6 Å². The number of nitrogens with one attached hydrogen (secondary N) is 1. The van der Waals surface area contributed by atoms with Crippen molar-refractivity contribution in [3.63, 3.8) is 0 Å². The lowest BCUT2D eigenvalue weighted by molar-refractivity contribution is -0.126. The van der Waals surface area contributed by atoms with Gasteiger partial charge < -0.3 is 15.1 Å². The molecule has 0 spiro atoms. The molecule has 3 rings (SSSR count). The zero-order chi connectivity index (χ0) is 16.6. The van der Waals surface area contributed by atoms with Gasteiger partial charge in [0, 0.05) is 25.6 Å². The maximum absolute atomic E-state index is 12.3. The van der Waals surface area contributed by atoms with Gasteiger partial charge in [0.15, 0.2) is 0 Å². The van der Waals surface area contributed by atoms with Gasteiger partial charge in [0.2, 0.25) is 5.91 Å². The van der Waals surface area contributed by atoms with Gasteiger partial charge in [-0.2, -0.15) is 0 Å². The Hall–Kier alpha value is -1.39. The summed E-state index contributed by atoms with van der Waals surface area (Å²) in [6, 6.07) is 10.4. The predicted octanol–water partition coefficient (Wildman–Crippen LogP) is 2.15. The molecule has 0 saturated carbocycles. The summed E-state index contributed by atoms with van der Waals surface area (Å²) in [6.45, 7) is 7.82. The number of benzene rings is 1. The second kappa shape index (κ2) is 9.19. The van der Waals surface area contributed by atoms with Gasteiger partial charge in [0.25, 0.3) is 0 Å². The van der Waals surface area contributed by atoms with Crippen LogP contribution in [0.1, 0.15) is 31.2 Å². The van der Waals surface area contributed by atoms with E-state index in [1.54, 1.807) is 0 Å². The van der Waals surface area contributed by atoms with Crippen LogP contribution in [0.3, 0.4) is 0 Å². The molecule has 4 heteroatoms. The lowest BCUT2D eigenvalue weighted by Crippen LogP contribution is -2.43. The number of hydrogen-bond donors (Lipinski definition) is 1. The Balaban J connectivity index is 1.30. The molecule has 0 radical (unpaired) electrons. The fourth-order valence-corrected chi connectivity index (χ4v) is 3.83. The summed E-state index contributed by atoms with van der Waals surface area (Å²) in [7, 11) is 0. The minimum atomic E-state index is 0.212. The quantitative estimate of drug-likeness (QED) is 0.833. The van der Waals surface area contributed by atoms with Crippen molar-refractivity contribution in [1.29, 1.82) is 0 Å². The second-order valence-corrected chi connectivity index (χ2v) is 7.19. The largest absolute Gasteiger partial charge is 0.356 e. The Morgan fingerprint density at radius 1 is 0.958 bits per heavy atom. The van der Waals surface area contributed by atoms with Crippen LogP contribution in [0.2, 0.25) is 0 Å². The van der Waals surface area contributed by atoms with Gasteiger partial charge in [-0.25, -0.2) is 0 Å². The molecule has 2 heterocycles. The molecule has 2 aliphatic heterocycles. The van der Waals surface area contributed by atoms with Crippen molar-refractivity contribution in [2.75, 3.05) is 45.8 Å². The molecular formula is C20H31N3O. The van der Waals surface area contributed by atoms with E-state index in [2.05, 4.69) is 39.4 Å². The number of carbonyl (C=O) groups is 1. The maximum Gasteiger partial charge on any atom is 0.223 e. The monoisotopic (exact) mass is 329 g/mol. The van der Waals surface area contributed by atoms with Crippen molar-refractivity contribution >= 4 is 5.91 Å². The Labute approximate surface area is 146 Å². The SMILES string of the molecule is O=C(NCCc1ccccc1)C1CCN(CCN2CCCC2)CC1. The molecule has 1 N–H and O–H groups in total. The summed E-state index contributed by atoms with van der Waals surface area (Å²) in [5, 5.41) is 3.13. The van der Waals surface area contributed by atoms with Gasteiger partial charge in [-0.15, -0.1) is 0 Å². The summed E-state index contributed by atoms with van der Waals surface area (Å²) < 4.78 is 0. The molecule has 1 aromatic rings. The highest BCUT2D eigenvalue weighted by atomic mass is 16.1. The van der Waals surface area contributed by atoms with E-state index >= 15 is 0 Å². The van der Waals surface area contributed by atoms with Crippen LogP contribution >= 0.6 is 0 Å². The standard InChI is InChI=1S/C20H31N3O/c24-20(21-11-8-18-6-2-1-3-7-18)19-9-14-23(15-10-19)17-16-22-12-4-5-13-22/h1-3,6-7,19H,4-5,8-17H2,(H,21,24). The van der Waals surface area contributed by atoms with Crippen molar-refractivity contribution in [3.8, 4) is 0 Å². The first-order valence-corrected chi connectivity index (χ1v) is 9.57. The third-order valence-corrected chi connectivity index (χ3v) is 5.45. The highest BCUT2D eigenvalue weighted by Gasteiger charge is 2.25. The van der Waals surface area contributed by atoms with Gasteiger partial charge in [-0.05, 0) is 63.8 Å². The van der Waals surface area contributed by atoms with E-state index in [9.17, 15) is 4.79 Å². The van der Waals surface area contributed by atoms with Crippen molar-refractivity contribution in [2.24, 2.45) is 5.92 Å². The fraction of sp³-hybridized carbons (Fsp3) is 0.650. The smallest absolute Gasteiger partial charge is 0.223 e. The van der Waals surface area contributed by atoms with E-state index in [1.807, 2.05) is 6.07 Å². The van der Waals surface area contributed by atoms with E-state index in [-0.39, 0.29) is 11.8 Å². The zero-order valence-electron chi connectivity index (χ0n) is 14.8. The summed E-state index contributed by atoms with van der Waals surface area (Å²) in [6.07, 6.45) is 5.67. The summed E-state index contributed by atoms with van der Waals surface area (Å²) in [5.41, 5.74) is 1.29. The molecule has 2 fully saturated rings. The molecule has 24 heavy (non-hydrogen) atoms. The van der Waals surface area contributed by atoms with E-state index in [4.69, 9.17) is 0 Å². The molecule has 132 valence electrons. The van der Waals surface area contributed by atoms with Crippen LogP contribution in [-0.2, 0) is 11.2 Å². The maximum atomic E-state index is 12.3. The number of amides is 1. The third-order valence-electron chi connectivity index (χ3n) is 5.45. The highest BCUT2D eigenvalue weighted by molar-refractivity contribution is 5.78. The number of carbonyl (C=O) groups excluding carboxylic acids is 1. The fourth-order valence-electron chi connectivity index (χ4n) is 3.83. The molecule has 0 aromatic heterocycles. The summed E-state index contributed by atoms with van der Waals surface area (Å²) in [5.74, 6) is 0.467. The summed E-state index contributed by atoms with van der Waals surface area (Å²) >= 11 is 0. The molecule has 1 amide bonds. The Bertz CT molecular complexity index is 491. The highest BCUT2D eigenvalue weighted by Crippen LogP contribution is 2.17. The lowest BCUT2D eigenvalue weighted by Gasteiger charge is -2.32. The third kappa shape index (κ3) is 5.32. The van der Waals surface area contributed by atoms with Crippen LogP contribution < -0.4 is 5.32 Å². The minimum Gasteiger partial charge on any atom is -0.356 e. The first-order valence-electron chi connectivity index (χ1n) is 9.57. The summed E-state index contributed by atoms with van der Waals surface area (Å²) in [4.78, 5) is 17.4. The average molecular weight is 329 g/mol. The van der Waals surface area contributed by atoms with Crippen LogP contribution in [0.5, 0.6) is 0 Å². The van der Waals surface area contributed by atoms with Gasteiger partial charge in [-0.1, -0.05) is 30.3 Å². The van der Waals surface area contributed by atoms with Crippen LogP contribution in [0.15, 0.2) is 30.3 Å². The van der Waals surface area contributed by atoms with Crippen molar-refractivity contribution in [3.05, 3.63) is 35.9 Å². The minimum absolute atomic E-state index is 0.212. The number of rotatable bonds is 7. The number of piperidine rings is 1. The lowest BCUT2D eigenvalue weighted by atomic mass is 9.96. The van der Waals surface area contributed by atoms with E-state index in [0.717, 1.165) is 38.9 Å². The first kappa shape index (κ1) is 17.4. The predicted molar refractivity (Wildman–Crippen MR) is 98.0 cm³/mol. The molecule has 0 aliphatic carbocycles. The zero-order valence-corrected chi connectivity index (χ0v) is 14.8. The molecular weight excluding hydrogens is 298 g/mol. The molecule has 0 bridgehead atoms. The Morgan fingerprint density at radius 2 is 1.58 bits per heavy atom.